The zero-order chi connectivity index (χ0) is 26.5. The van der Waals surface area contributed by atoms with Crippen molar-refractivity contribution in [3.63, 3.8) is 0 Å². The molecule has 0 radical (unpaired) electrons. The van der Waals surface area contributed by atoms with Gasteiger partial charge in [-0.1, -0.05) is 13.0 Å². The topological polar surface area (TPSA) is 152 Å². The van der Waals surface area contributed by atoms with Crippen LogP contribution in [0.1, 0.15) is 23.7 Å². The van der Waals surface area contributed by atoms with Gasteiger partial charge in [-0.15, -0.1) is 0 Å². The van der Waals surface area contributed by atoms with E-state index < -0.39 is 18.5 Å². The fraction of sp³-hybridized carbons (Fsp3) is 0.269. The summed E-state index contributed by atoms with van der Waals surface area (Å²) >= 11 is 0. The normalized spacial score (nSPS) is 11.7. The fourth-order valence-corrected chi connectivity index (χ4v) is 4.06. The number of nitrogens with zero attached hydrogens (tertiary/aromatic N) is 1. The highest BCUT2D eigenvalue weighted by Crippen LogP contribution is 2.43. The van der Waals surface area contributed by atoms with Gasteiger partial charge in [0.05, 0.1) is 24.9 Å². The van der Waals surface area contributed by atoms with E-state index in [4.69, 9.17) is 24.4 Å². The Labute approximate surface area is 212 Å². The number of aromatic nitrogens is 1. The minimum Gasteiger partial charge on any atom is -0.497 e. The molecule has 0 unspecified atom stereocenters. The molecule has 0 aliphatic carbocycles. The minimum atomic E-state index is -1.20. The summed E-state index contributed by atoms with van der Waals surface area (Å²) in [7, 11) is 1.46. The highest BCUT2D eigenvalue weighted by Gasteiger charge is 2.28. The Morgan fingerprint density at radius 3 is 2.59 bits per heavy atom. The second-order valence-electron chi connectivity index (χ2n) is 8.22. The van der Waals surface area contributed by atoms with Crippen molar-refractivity contribution in [3.8, 4) is 45.4 Å². The summed E-state index contributed by atoms with van der Waals surface area (Å²) in [5.41, 5.74) is 1.54. The summed E-state index contributed by atoms with van der Waals surface area (Å²) in [6.45, 7) is 2.06. The molecule has 0 fully saturated rings. The number of ether oxygens (including phenoxy) is 4. The maximum atomic E-state index is 12.7. The molecule has 11 heteroatoms. The summed E-state index contributed by atoms with van der Waals surface area (Å²) in [6, 6.07) is 9.89. The lowest BCUT2D eigenvalue weighted by Gasteiger charge is -2.16. The molecule has 1 aliphatic rings. The first-order valence-corrected chi connectivity index (χ1v) is 11.5. The van der Waals surface area contributed by atoms with Crippen molar-refractivity contribution in [2.45, 2.75) is 19.9 Å². The van der Waals surface area contributed by atoms with Crippen LogP contribution in [0.15, 0.2) is 42.6 Å². The van der Waals surface area contributed by atoms with Gasteiger partial charge < -0.3 is 39.0 Å². The molecule has 4 rings (SSSR count). The molecule has 4 N–H and O–H groups in total. The van der Waals surface area contributed by atoms with Crippen LogP contribution >= 0.6 is 0 Å². The van der Waals surface area contributed by atoms with E-state index in [9.17, 15) is 19.8 Å². The Morgan fingerprint density at radius 2 is 1.89 bits per heavy atom. The van der Waals surface area contributed by atoms with Crippen molar-refractivity contribution in [2.75, 3.05) is 27.1 Å². The van der Waals surface area contributed by atoms with E-state index in [1.54, 1.807) is 41.1 Å². The number of rotatable bonds is 11. The number of nitrogens with one attached hydrogen (secondary N) is 2. The highest BCUT2D eigenvalue weighted by atomic mass is 16.7. The molecule has 37 heavy (non-hydrogen) atoms. The van der Waals surface area contributed by atoms with Crippen molar-refractivity contribution in [1.29, 1.82) is 5.41 Å². The van der Waals surface area contributed by atoms with Crippen LogP contribution in [0.25, 0.3) is 22.4 Å². The van der Waals surface area contributed by atoms with Gasteiger partial charge in [-0.05, 0) is 36.2 Å². The summed E-state index contributed by atoms with van der Waals surface area (Å²) in [6.07, 6.45) is 2.47. The molecule has 0 bridgehead atoms. The van der Waals surface area contributed by atoms with Crippen molar-refractivity contribution in [3.05, 3.63) is 48.2 Å². The number of aromatic carboxylic acids is 1. The average Bonchev–Trinajstić information content (AvgIpc) is 3.50. The smallest absolute Gasteiger partial charge is 0.341 e. The lowest BCUT2D eigenvalue weighted by molar-refractivity contribution is -0.139. The standard InChI is InChI=1S/C26H27N3O8/c1-3-8-28-22(27)12-29-11-18(15-4-7-19-21(9-15)37-14-36-19)24(26(32)33)25(29)17-6-5-16(34-2)10-20(17)35-13-23(30)31/h4-7,9-11H,3,8,12-14H2,1-2H3,(H2,27,28)(H,30,31)(H,32,33). The van der Waals surface area contributed by atoms with Crippen LogP contribution < -0.4 is 24.3 Å². The first kappa shape index (κ1) is 25.4. The summed E-state index contributed by atoms with van der Waals surface area (Å²) < 4.78 is 23.3. The van der Waals surface area contributed by atoms with Crippen molar-refractivity contribution in [2.24, 2.45) is 0 Å². The Kier molecular flexibility index (Phi) is 7.52. The van der Waals surface area contributed by atoms with Gasteiger partial charge in [-0.25, -0.2) is 9.59 Å². The molecule has 11 nitrogen and oxygen atoms in total. The number of carboxylic acids is 2. The maximum absolute atomic E-state index is 12.7. The monoisotopic (exact) mass is 509 g/mol. The highest BCUT2D eigenvalue weighted by molar-refractivity contribution is 6.04. The van der Waals surface area contributed by atoms with Crippen LogP contribution in [-0.2, 0) is 11.3 Å². The number of benzene rings is 2. The van der Waals surface area contributed by atoms with E-state index in [2.05, 4.69) is 5.32 Å². The van der Waals surface area contributed by atoms with Gasteiger partial charge in [-0.2, -0.15) is 0 Å². The SMILES string of the molecule is CCCNC(=N)Cn1cc(-c2ccc3c(c2)OCO3)c(C(=O)O)c1-c1ccc(OC)cc1OCC(=O)O. The number of carboxylic acid groups (broad SMARTS) is 2. The van der Waals surface area contributed by atoms with Crippen molar-refractivity contribution in [1.82, 2.24) is 9.88 Å². The lowest BCUT2D eigenvalue weighted by atomic mass is 9.99. The van der Waals surface area contributed by atoms with Gasteiger partial charge >= 0.3 is 11.9 Å². The summed E-state index contributed by atoms with van der Waals surface area (Å²) in [4.78, 5) is 23.9. The third-order valence-corrected chi connectivity index (χ3v) is 5.69. The van der Waals surface area contributed by atoms with Crippen LogP contribution in [0.5, 0.6) is 23.0 Å². The van der Waals surface area contributed by atoms with Gasteiger partial charge in [0.25, 0.3) is 0 Å². The summed E-state index contributed by atoms with van der Waals surface area (Å²) in [5, 5.41) is 30.9. The Bertz CT molecular complexity index is 1350. The van der Waals surface area contributed by atoms with Crippen molar-refractivity contribution >= 4 is 17.8 Å². The second kappa shape index (κ2) is 10.9. The largest absolute Gasteiger partial charge is 0.497 e. The predicted molar refractivity (Wildman–Crippen MR) is 134 cm³/mol. The molecule has 3 aromatic rings. The van der Waals surface area contributed by atoms with Crippen LogP contribution in [0.3, 0.4) is 0 Å². The number of aliphatic carboxylic acids is 1. The first-order valence-electron chi connectivity index (χ1n) is 11.5. The molecule has 0 saturated carbocycles. The van der Waals surface area contributed by atoms with Crippen molar-refractivity contribution < 1.29 is 38.7 Å². The Morgan fingerprint density at radius 1 is 1.11 bits per heavy atom. The van der Waals surface area contributed by atoms with Crippen LogP contribution in [0.4, 0.5) is 0 Å². The van der Waals surface area contributed by atoms with Crippen LogP contribution in [-0.4, -0.2) is 59.6 Å². The number of amidine groups is 1. The van der Waals surface area contributed by atoms with Gasteiger partial charge in [0.15, 0.2) is 18.1 Å². The molecule has 0 spiro atoms. The van der Waals surface area contributed by atoms with E-state index in [-0.39, 0.29) is 36.2 Å². The Hall–Kier alpha value is -4.67. The molecule has 1 aromatic heterocycles. The predicted octanol–water partition coefficient (Wildman–Crippen LogP) is 3.70. The lowest BCUT2D eigenvalue weighted by Crippen LogP contribution is -2.27. The maximum Gasteiger partial charge on any atom is 0.341 e. The third kappa shape index (κ3) is 5.45. The minimum absolute atomic E-state index is 0.0347. The fourth-order valence-electron chi connectivity index (χ4n) is 4.06. The molecule has 194 valence electrons. The van der Waals surface area contributed by atoms with E-state index in [0.717, 1.165) is 6.42 Å². The molecular weight excluding hydrogens is 482 g/mol. The quantitative estimate of drug-likeness (QED) is 0.224. The molecule has 2 heterocycles. The molecule has 2 aromatic carbocycles. The average molecular weight is 510 g/mol. The number of hydrogen-bond donors (Lipinski definition) is 4. The van der Waals surface area contributed by atoms with Gasteiger partial charge in [-0.3, -0.25) is 5.41 Å². The van der Waals surface area contributed by atoms with Gasteiger partial charge in [0, 0.05) is 29.9 Å². The first-order chi connectivity index (χ1) is 17.8. The van der Waals surface area contributed by atoms with Gasteiger partial charge in [0.1, 0.15) is 17.3 Å². The number of hydrogen-bond acceptors (Lipinski definition) is 7. The van der Waals surface area contributed by atoms with E-state index in [0.29, 0.717) is 40.5 Å². The van der Waals surface area contributed by atoms with Crippen LogP contribution in [0, 0.1) is 5.41 Å². The van der Waals surface area contributed by atoms with E-state index in [1.165, 1.54) is 13.2 Å². The summed E-state index contributed by atoms with van der Waals surface area (Å²) in [5.74, 6) is -0.598. The van der Waals surface area contributed by atoms with Gasteiger partial charge in [0.2, 0.25) is 6.79 Å². The Balaban J connectivity index is 1.92. The zero-order valence-corrected chi connectivity index (χ0v) is 20.4. The van der Waals surface area contributed by atoms with E-state index >= 15 is 0 Å². The molecule has 0 saturated heterocycles. The molecule has 0 atom stereocenters. The molecule has 1 aliphatic heterocycles. The third-order valence-electron chi connectivity index (χ3n) is 5.69. The number of fused-ring (bicyclic) bond motifs is 1. The number of carbonyl (C=O) groups is 2. The molecular formula is C26H27N3O8. The molecule has 0 amide bonds. The van der Waals surface area contributed by atoms with E-state index in [1.807, 2.05) is 6.92 Å². The van der Waals surface area contributed by atoms with Crippen LogP contribution in [0.2, 0.25) is 0 Å². The zero-order valence-electron chi connectivity index (χ0n) is 20.4. The second-order valence-corrected chi connectivity index (χ2v) is 8.22. The number of methoxy groups -OCH3 is 1.